The average molecular weight is 304 g/mol. The van der Waals surface area contributed by atoms with Crippen LogP contribution in [-0.4, -0.2) is 6.04 Å². The van der Waals surface area contributed by atoms with Crippen molar-refractivity contribution in [1.82, 2.24) is 5.32 Å². The van der Waals surface area contributed by atoms with Gasteiger partial charge in [-0.3, -0.25) is 0 Å². The first kappa shape index (κ1) is 15.9. The highest BCUT2D eigenvalue weighted by Crippen LogP contribution is 2.30. The van der Waals surface area contributed by atoms with E-state index in [2.05, 4.69) is 51.2 Å². The van der Waals surface area contributed by atoms with Gasteiger partial charge in [-0.25, -0.2) is 0 Å². The second-order valence-electron chi connectivity index (χ2n) is 5.66. The van der Waals surface area contributed by atoms with Gasteiger partial charge in [-0.2, -0.15) is 0 Å². The molecular formula is C18H22ClNO. The lowest BCUT2D eigenvalue weighted by Crippen LogP contribution is -2.22. The molecule has 0 spiro atoms. The minimum absolute atomic E-state index is 0.414. The summed E-state index contributed by atoms with van der Waals surface area (Å²) in [5.74, 6) is 1.74. The van der Waals surface area contributed by atoms with Crippen molar-refractivity contribution in [1.29, 1.82) is 0 Å². The Kier molecular flexibility index (Phi) is 5.27. The van der Waals surface area contributed by atoms with Crippen molar-refractivity contribution < 1.29 is 4.74 Å². The number of hydrogen-bond donors (Lipinski definition) is 1. The van der Waals surface area contributed by atoms with Crippen molar-refractivity contribution in [2.75, 3.05) is 0 Å². The topological polar surface area (TPSA) is 21.3 Å². The minimum Gasteiger partial charge on any atom is -0.457 e. The molecule has 2 aromatic rings. The van der Waals surface area contributed by atoms with E-state index >= 15 is 0 Å². The summed E-state index contributed by atoms with van der Waals surface area (Å²) in [4.78, 5) is 0. The van der Waals surface area contributed by atoms with Gasteiger partial charge in [0.25, 0.3) is 0 Å². The quantitative estimate of drug-likeness (QED) is 0.815. The molecule has 0 amide bonds. The first-order valence-corrected chi connectivity index (χ1v) is 7.60. The van der Waals surface area contributed by atoms with Crippen LogP contribution in [0.25, 0.3) is 0 Å². The Morgan fingerprint density at radius 3 is 2.52 bits per heavy atom. The molecule has 0 atom stereocenters. The van der Waals surface area contributed by atoms with Crippen LogP contribution in [0.15, 0.2) is 36.4 Å². The monoisotopic (exact) mass is 303 g/mol. The molecule has 0 saturated heterocycles. The normalized spacial score (nSPS) is 11.0. The lowest BCUT2D eigenvalue weighted by atomic mass is 10.1. The predicted molar refractivity (Wildman–Crippen MR) is 89.4 cm³/mol. The van der Waals surface area contributed by atoms with Crippen molar-refractivity contribution in [2.45, 2.75) is 40.3 Å². The van der Waals surface area contributed by atoms with E-state index in [9.17, 15) is 0 Å². The SMILES string of the molecule is Cc1ccc(C)c(Oc2ccc(Cl)cc2CNC(C)C)c1. The molecule has 21 heavy (non-hydrogen) atoms. The summed E-state index contributed by atoms with van der Waals surface area (Å²) in [6.07, 6.45) is 0. The maximum absolute atomic E-state index is 6.11. The summed E-state index contributed by atoms with van der Waals surface area (Å²) >= 11 is 6.11. The van der Waals surface area contributed by atoms with Crippen LogP contribution in [0.5, 0.6) is 11.5 Å². The lowest BCUT2D eigenvalue weighted by molar-refractivity contribution is 0.466. The van der Waals surface area contributed by atoms with Gasteiger partial charge in [0.15, 0.2) is 0 Å². The molecule has 3 heteroatoms. The molecule has 2 nitrogen and oxygen atoms in total. The molecule has 0 aliphatic heterocycles. The van der Waals surface area contributed by atoms with Gasteiger partial charge >= 0.3 is 0 Å². The van der Waals surface area contributed by atoms with Crippen LogP contribution < -0.4 is 10.1 Å². The van der Waals surface area contributed by atoms with E-state index in [0.29, 0.717) is 6.04 Å². The van der Waals surface area contributed by atoms with Crippen LogP contribution in [0.1, 0.15) is 30.5 Å². The standard InChI is InChI=1S/C18H22ClNO/c1-12(2)20-11-15-10-16(19)7-8-17(15)21-18-9-13(3)5-6-14(18)4/h5-10,12,20H,11H2,1-4H3. The van der Waals surface area contributed by atoms with Crippen LogP contribution >= 0.6 is 11.6 Å². The average Bonchev–Trinajstić information content (AvgIpc) is 2.43. The molecule has 0 bridgehead atoms. The Bertz CT molecular complexity index is 623. The maximum Gasteiger partial charge on any atom is 0.132 e. The van der Waals surface area contributed by atoms with Crippen LogP contribution in [-0.2, 0) is 6.54 Å². The molecule has 1 N–H and O–H groups in total. The van der Waals surface area contributed by atoms with Gasteiger partial charge < -0.3 is 10.1 Å². The second kappa shape index (κ2) is 6.97. The summed E-state index contributed by atoms with van der Waals surface area (Å²) in [7, 11) is 0. The highest BCUT2D eigenvalue weighted by atomic mass is 35.5. The third-order valence-electron chi connectivity index (χ3n) is 3.29. The third-order valence-corrected chi connectivity index (χ3v) is 3.52. The first-order valence-electron chi connectivity index (χ1n) is 7.22. The fourth-order valence-electron chi connectivity index (χ4n) is 2.04. The van der Waals surface area contributed by atoms with Crippen LogP contribution in [0.4, 0.5) is 0 Å². The molecule has 0 heterocycles. The number of rotatable bonds is 5. The van der Waals surface area contributed by atoms with E-state index < -0.39 is 0 Å². The Labute approximate surface area is 132 Å². The summed E-state index contributed by atoms with van der Waals surface area (Å²) in [6, 6.07) is 12.4. The van der Waals surface area contributed by atoms with Crippen molar-refractivity contribution in [3.8, 4) is 11.5 Å². The summed E-state index contributed by atoms with van der Waals surface area (Å²) in [6.45, 7) is 9.09. The van der Waals surface area contributed by atoms with E-state index in [-0.39, 0.29) is 0 Å². The fourth-order valence-corrected chi connectivity index (χ4v) is 2.23. The molecule has 0 fully saturated rings. The van der Waals surface area contributed by atoms with Crippen molar-refractivity contribution in [3.63, 3.8) is 0 Å². The van der Waals surface area contributed by atoms with Gasteiger partial charge in [0.2, 0.25) is 0 Å². The first-order chi connectivity index (χ1) is 9.95. The van der Waals surface area contributed by atoms with Crippen LogP contribution in [0.3, 0.4) is 0 Å². The highest BCUT2D eigenvalue weighted by Gasteiger charge is 2.08. The number of ether oxygens (including phenoxy) is 1. The zero-order valence-corrected chi connectivity index (χ0v) is 13.8. The molecule has 0 aliphatic carbocycles. The summed E-state index contributed by atoms with van der Waals surface area (Å²) in [5.41, 5.74) is 3.38. The zero-order valence-electron chi connectivity index (χ0n) is 13.0. The highest BCUT2D eigenvalue weighted by molar-refractivity contribution is 6.30. The number of nitrogens with one attached hydrogen (secondary N) is 1. The molecule has 112 valence electrons. The number of hydrogen-bond acceptors (Lipinski definition) is 2. The molecule has 0 aromatic heterocycles. The molecular weight excluding hydrogens is 282 g/mol. The Hall–Kier alpha value is -1.51. The van der Waals surface area contributed by atoms with Gasteiger partial charge in [0, 0.05) is 23.2 Å². The lowest BCUT2D eigenvalue weighted by Gasteiger charge is -2.15. The minimum atomic E-state index is 0.414. The Morgan fingerprint density at radius 1 is 1.05 bits per heavy atom. The fraction of sp³-hybridized carbons (Fsp3) is 0.333. The molecule has 2 rings (SSSR count). The predicted octanol–water partition coefficient (Wildman–Crippen LogP) is 5.25. The van der Waals surface area contributed by atoms with Gasteiger partial charge in [0.05, 0.1) is 0 Å². The molecule has 0 aliphatic rings. The largest absolute Gasteiger partial charge is 0.457 e. The van der Waals surface area contributed by atoms with Gasteiger partial charge in [-0.05, 0) is 49.2 Å². The van der Waals surface area contributed by atoms with Crippen molar-refractivity contribution in [3.05, 3.63) is 58.1 Å². The Morgan fingerprint density at radius 2 is 1.81 bits per heavy atom. The van der Waals surface area contributed by atoms with E-state index in [4.69, 9.17) is 16.3 Å². The van der Waals surface area contributed by atoms with Crippen LogP contribution in [0.2, 0.25) is 5.02 Å². The Balaban J connectivity index is 2.28. The van der Waals surface area contributed by atoms with Crippen molar-refractivity contribution in [2.24, 2.45) is 0 Å². The molecule has 2 aromatic carbocycles. The van der Waals surface area contributed by atoms with Gasteiger partial charge in [-0.1, -0.05) is 37.6 Å². The molecule has 0 unspecified atom stereocenters. The third kappa shape index (κ3) is 4.48. The number of benzene rings is 2. The van der Waals surface area contributed by atoms with Crippen LogP contribution in [0, 0.1) is 13.8 Å². The summed E-state index contributed by atoms with van der Waals surface area (Å²) < 4.78 is 6.11. The van der Waals surface area contributed by atoms with Gasteiger partial charge in [-0.15, -0.1) is 0 Å². The summed E-state index contributed by atoms with van der Waals surface area (Å²) in [5, 5.41) is 4.13. The number of halogens is 1. The smallest absolute Gasteiger partial charge is 0.132 e. The second-order valence-corrected chi connectivity index (χ2v) is 6.10. The van der Waals surface area contributed by atoms with Crippen molar-refractivity contribution >= 4 is 11.6 Å². The van der Waals surface area contributed by atoms with E-state index in [1.165, 1.54) is 5.56 Å². The van der Waals surface area contributed by atoms with E-state index in [0.717, 1.165) is 34.2 Å². The molecule has 0 saturated carbocycles. The van der Waals surface area contributed by atoms with E-state index in [1.54, 1.807) is 0 Å². The zero-order chi connectivity index (χ0) is 15.4. The van der Waals surface area contributed by atoms with Gasteiger partial charge in [0.1, 0.15) is 11.5 Å². The number of aryl methyl sites for hydroxylation is 2. The van der Waals surface area contributed by atoms with E-state index in [1.807, 2.05) is 18.2 Å². The maximum atomic E-state index is 6.11. The molecule has 0 radical (unpaired) electrons.